The zero-order valence-electron chi connectivity index (χ0n) is 11.2. The fraction of sp³-hybridized carbons (Fsp3) is 0.400. The molecule has 0 aliphatic carbocycles. The molecule has 2 aromatic rings. The normalized spacial score (nSPS) is 19.3. The molecule has 3 rings (SSSR count). The summed E-state index contributed by atoms with van der Waals surface area (Å²) in [4.78, 5) is 15.4. The third kappa shape index (κ3) is 3.11. The van der Waals surface area contributed by atoms with Gasteiger partial charge in [0.1, 0.15) is 5.76 Å². The largest absolute Gasteiger partial charge is 0.468 e. The van der Waals surface area contributed by atoms with E-state index < -0.39 is 0 Å². The van der Waals surface area contributed by atoms with Crippen LogP contribution in [0.25, 0.3) is 0 Å². The summed E-state index contributed by atoms with van der Waals surface area (Å²) in [7, 11) is 0. The van der Waals surface area contributed by atoms with Gasteiger partial charge in [-0.3, -0.25) is 9.69 Å². The van der Waals surface area contributed by atoms with E-state index in [2.05, 4.69) is 10.2 Å². The molecule has 20 heavy (non-hydrogen) atoms. The molecule has 1 amide bonds. The molecular formula is C15H18N2O2S. The van der Waals surface area contributed by atoms with E-state index in [1.54, 1.807) is 17.6 Å². The van der Waals surface area contributed by atoms with Crippen molar-refractivity contribution in [2.24, 2.45) is 0 Å². The van der Waals surface area contributed by atoms with E-state index in [0.717, 1.165) is 25.1 Å². The molecule has 0 saturated carbocycles. The van der Waals surface area contributed by atoms with Crippen LogP contribution in [-0.4, -0.2) is 23.9 Å². The number of carbonyl (C=O) groups excluding carboxylic acids is 1. The first kappa shape index (κ1) is 13.4. The topological polar surface area (TPSA) is 45.5 Å². The Morgan fingerprint density at radius 3 is 3.15 bits per heavy atom. The molecule has 3 heterocycles. The molecule has 0 spiro atoms. The molecule has 0 bridgehead atoms. The minimum absolute atomic E-state index is 0.0804. The second-order valence-corrected chi connectivity index (χ2v) is 6.03. The molecule has 1 saturated heterocycles. The smallest absolute Gasteiger partial charge is 0.234 e. The lowest BCUT2D eigenvalue weighted by Gasteiger charge is -2.21. The molecule has 1 atom stereocenters. The van der Waals surface area contributed by atoms with E-state index >= 15 is 0 Å². The molecule has 0 unspecified atom stereocenters. The Kier molecular flexibility index (Phi) is 4.18. The van der Waals surface area contributed by atoms with Crippen LogP contribution in [0, 0.1) is 0 Å². The Hall–Kier alpha value is -1.59. The Balaban J connectivity index is 1.52. The number of carbonyl (C=O) groups is 1. The number of hydrogen-bond donors (Lipinski definition) is 1. The molecule has 5 heteroatoms. The number of nitrogens with one attached hydrogen (secondary N) is 1. The van der Waals surface area contributed by atoms with Gasteiger partial charge < -0.3 is 9.73 Å². The number of thiophene rings is 1. The molecule has 1 fully saturated rings. The summed E-state index contributed by atoms with van der Waals surface area (Å²) in [5, 5.41) is 5.00. The maximum Gasteiger partial charge on any atom is 0.234 e. The Morgan fingerprint density at radius 2 is 2.40 bits per heavy atom. The van der Waals surface area contributed by atoms with Gasteiger partial charge in [0.2, 0.25) is 5.91 Å². The van der Waals surface area contributed by atoms with Crippen LogP contribution in [0.15, 0.2) is 40.3 Å². The average molecular weight is 290 g/mol. The second kappa shape index (κ2) is 6.24. The summed E-state index contributed by atoms with van der Waals surface area (Å²) in [6.45, 7) is 2.02. The maximum absolute atomic E-state index is 12.0. The number of amides is 1. The Bertz CT molecular complexity index is 536. The first-order chi connectivity index (χ1) is 9.83. The van der Waals surface area contributed by atoms with Gasteiger partial charge in [0.15, 0.2) is 0 Å². The molecule has 1 aliphatic heterocycles. The molecule has 4 nitrogen and oxygen atoms in total. The summed E-state index contributed by atoms with van der Waals surface area (Å²) in [6.07, 6.45) is 3.87. The fourth-order valence-corrected chi connectivity index (χ4v) is 3.30. The number of likely N-dealkylation sites (tertiary alicyclic amines) is 1. The van der Waals surface area contributed by atoms with Crippen molar-refractivity contribution >= 4 is 17.2 Å². The Morgan fingerprint density at radius 1 is 1.45 bits per heavy atom. The van der Waals surface area contributed by atoms with Crippen molar-refractivity contribution in [3.8, 4) is 0 Å². The SMILES string of the molecule is O=C(CN1CCC[C@@H]1c1ccco1)NCc1cccs1. The van der Waals surface area contributed by atoms with Crippen molar-refractivity contribution in [1.82, 2.24) is 10.2 Å². The van der Waals surface area contributed by atoms with Crippen molar-refractivity contribution < 1.29 is 9.21 Å². The van der Waals surface area contributed by atoms with Gasteiger partial charge in [0, 0.05) is 4.88 Å². The summed E-state index contributed by atoms with van der Waals surface area (Å²) >= 11 is 1.66. The molecule has 1 N–H and O–H groups in total. The van der Waals surface area contributed by atoms with Crippen molar-refractivity contribution in [3.05, 3.63) is 46.5 Å². The summed E-state index contributed by atoms with van der Waals surface area (Å²) in [5.41, 5.74) is 0. The first-order valence-electron chi connectivity index (χ1n) is 6.89. The van der Waals surface area contributed by atoms with Crippen LogP contribution in [0.4, 0.5) is 0 Å². The highest BCUT2D eigenvalue weighted by Gasteiger charge is 2.29. The summed E-state index contributed by atoms with van der Waals surface area (Å²) < 4.78 is 5.48. The van der Waals surface area contributed by atoms with Crippen LogP contribution >= 0.6 is 11.3 Å². The minimum atomic E-state index is 0.0804. The third-order valence-corrected chi connectivity index (χ3v) is 4.50. The lowest BCUT2D eigenvalue weighted by molar-refractivity contribution is -0.122. The van der Waals surface area contributed by atoms with Gasteiger partial charge in [-0.05, 0) is 43.0 Å². The zero-order chi connectivity index (χ0) is 13.8. The molecule has 1 aliphatic rings. The van der Waals surface area contributed by atoms with Gasteiger partial charge in [-0.1, -0.05) is 6.07 Å². The second-order valence-electron chi connectivity index (χ2n) is 5.00. The summed E-state index contributed by atoms with van der Waals surface area (Å²) in [6, 6.07) is 8.18. The molecule has 0 radical (unpaired) electrons. The highest BCUT2D eigenvalue weighted by atomic mass is 32.1. The Labute approximate surface area is 122 Å². The molecular weight excluding hydrogens is 272 g/mol. The standard InChI is InChI=1S/C15H18N2O2S/c18-15(16-10-12-4-3-9-20-12)11-17-7-1-5-13(17)14-6-2-8-19-14/h2-4,6,8-9,13H,1,5,7,10-11H2,(H,16,18)/t13-/m1/s1. The van der Waals surface area contributed by atoms with Gasteiger partial charge in [-0.25, -0.2) is 0 Å². The van der Waals surface area contributed by atoms with E-state index in [9.17, 15) is 4.79 Å². The number of nitrogens with zero attached hydrogens (tertiary/aromatic N) is 1. The number of furan rings is 1. The average Bonchev–Trinajstić information content (AvgIpc) is 3.18. The van der Waals surface area contributed by atoms with Crippen LogP contribution < -0.4 is 5.32 Å². The van der Waals surface area contributed by atoms with Gasteiger partial charge >= 0.3 is 0 Å². The van der Waals surface area contributed by atoms with E-state index in [1.165, 1.54) is 4.88 Å². The fourth-order valence-electron chi connectivity index (χ4n) is 2.66. The van der Waals surface area contributed by atoms with Crippen LogP contribution in [0.2, 0.25) is 0 Å². The molecule has 0 aromatic carbocycles. The third-order valence-electron chi connectivity index (χ3n) is 3.62. The van der Waals surface area contributed by atoms with Gasteiger partial charge in [-0.15, -0.1) is 11.3 Å². The maximum atomic E-state index is 12.0. The molecule has 2 aromatic heterocycles. The predicted molar refractivity (Wildman–Crippen MR) is 78.4 cm³/mol. The summed E-state index contributed by atoms with van der Waals surface area (Å²) in [5.74, 6) is 1.05. The minimum Gasteiger partial charge on any atom is -0.468 e. The van der Waals surface area contributed by atoms with Gasteiger partial charge in [0.25, 0.3) is 0 Å². The van der Waals surface area contributed by atoms with Crippen LogP contribution in [-0.2, 0) is 11.3 Å². The van der Waals surface area contributed by atoms with Gasteiger partial charge in [-0.2, -0.15) is 0 Å². The lowest BCUT2D eigenvalue weighted by atomic mass is 10.1. The van der Waals surface area contributed by atoms with E-state index in [-0.39, 0.29) is 11.9 Å². The van der Waals surface area contributed by atoms with Crippen molar-refractivity contribution in [2.45, 2.75) is 25.4 Å². The van der Waals surface area contributed by atoms with E-state index in [0.29, 0.717) is 13.1 Å². The van der Waals surface area contributed by atoms with Crippen LogP contribution in [0.1, 0.15) is 29.5 Å². The van der Waals surface area contributed by atoms with Crippen molar-refractivity contribution in [3.63, 3.8) is 0 Å². The zero-order valence-corrected chi connectivity index (χ0v) is 12.1. The number of hydrogen-bond acceptors (Lipinski definition) is 4. The van der Waals surface area contributed by atoms with Crippen LogP contribution in [0.3, 0.4) is 0 Å². The highest BCUT2D eigenvalue weighted by molar-refractivity contribution is 7.09. The molecule has 106 valence electrons. The first-order valence-corrected chi connectivity index (χ1v) is 7.77. The predicted octanol–water partition coefficient (Wildman–Crippen LogP) is 2.79. The number of rotatable bonds is 5. The van der Waals surface area contributed by atoms with E-state index in [4.69, 9.17) is 4.42 Å². The quantitative estimate of drug-likeness (QED) is 0.921. The van der Waals surface area contributed by atoms with E-state index in [1.807, 2.05) is 29.6 Å². The van der Waals surface area contributed by atoms with Crippen LogP contribution in [0.5, 0.6) is 0 Å². The monoisotopic (exact) mass is 290 g/mol. The van der Waals surface area contributed by atoms with Crippen molar-refractivity contribution in [1.29, 1.82) is 0 Å². The van der Waals surface area contributed by atoms with Gasteiger partial charge in [0.05, 0.1) is 25.4 Å². The highest BCUT2D eigenvalue weighted by Crippen LogP contribution is 2.31. The lowest BCUT2D eigenvalue weighted by Crippen LogP contribution is -2.36. The van der Waals surface area contributed by atoms with Crippen molar-refractivity contribution in [2.75, 3.05) is 13.1 Å².